The van der Waals surface area contributed by atoms with E-state index in [4.69, 9.17) is 0 Å². The van der Waals surface area contributed by atoms with Gasteiger partial charge in [0.1, 0.15) is 6.26 Å². The minimum Gasteiger partial charge on any atom is -0.364 e. The third-order valence-electron chi connectivity index (χ3n) is 1.02. The van der Waals surface area contributed by atoms with Crippen LogP contribution in [0.2, 0.25) is 0 Å². The summed E-state index contributed by atoms with van der Waals surface area (Å²) in [6.45, 7) is 2.13. The molecule has 0 aliphatic heterocycles. The van der Waals surface area contributed by atoms with Crippen LogP contribution in [-0.4, -0.2) is 5.16 Å². The molecule has 0 amide bonds. The smallest absolute Gasteiger partial charge is 0.126 e. The van der Waals surface area contributed by atoms with Crippen LogP contribution in [0.25, 0.3) is 0 Å². The van der Waals surface area contributed by atoms with E-state index < -0.39 is 0 Å². The largest absolute Gasteiger partial charge is 0.364 e. The number of rotatable bonds is 2. The highest BCUT2D eigenvalue weighted by Crippen LogP contribution is 1.98. The van der Waals surface area contributed by atoms with E-state index in [9.17, 15) is 0 Å². The Morgan fingerprint density at radius 1 is 1.75 bits per heavy atom. The van der Waals surface area contributed by atoms with Crippen molar-refractivity contribution in [2.75, 3.05) is 0 Å². The van der Waals surface area contributed by atoms with E-state index >= 15 is 0 Å². The Morgan fingerprint density at radius 3 is 3.12 bits per heavy atom. The Labute approximate surface area is 48.5 Å². The van der Waals surface area contributed by atoms with E-state index in [1.807, 2.05) is 0 Å². The molecule has 1 aromatic rings. The number of hydrogen-bond donors (Lipinski definition) is 0. The number of aromatic nitrogens is 1. The Balaban J connectivity index is 2.50. The number of nitrogens with zero attached hydrogens (tertiary/aromatic N) is 1. The summed E-state index contributed by atoms with van der Waals surface area (Å²) in [6.07, 6.45) is 5.66. The summed E-state index contributed by atoms with van der Waals surface area (Å²) in [5.41, 5.74) is 1.19. The van der Waals surface area contributed by atoms with Gasteiger partial charge < -0.3 is 4.52 Å². The van der Waals surface area contributed by atoms with Gasteiger partial charge in [0.25, 0.3) is 0 Å². The van der Waals surface area contributed by atoms with E-state index in [0.29, 0.717) is 0 Å². The van der Waals surface area contributed by atoms with E-state index in [1.54, 1.807) is 12.5 Å². The van der Waals surface area contributed by atoms with Gasteiger partial charge in [0, 0.05) is 5.56 Å². The molecule has 1 rings (SSSR count). The molecule has 0 aliphatic rings. The van der Waals surface area contributed by atoms with Gasteiger partial charge in [0.05, 0.1) is 6.20 Å². The van der Waals surface area contributed by atoms with Crippen molar-refractivity contribution in [2.24, 2.45) is 0 Å². The van der Waals surface area contributed by atoms with Gasteiger partial charge >= 0.3 is 0 Å². The van der Waals surface area contributed by atoms with Crippen molar-refractivity contribution < 1.29 is 4.52 Å². The Hall–Kier alpha value is -0.790. The van der Waals surface area contributed by atoms with Gasteiger partial charge in [-0.05, 0) is 6.42 Å². The fraction of sp³-hybridized carbons (Fsp3) is 0.500. The van der Waals surface area contributed by atoms with Crippen molar-refractivity contribution in [3.63, 3.8) is 0 Å². The lowest BCUT2D eigenvalue weighted by atomic mass is 10.2. The molecule has 0 radical (unpaired) electrons. The van der Waals surface area contributed by atoms with Crippen LogP contribution in [0, 0.1) is 0 Å². The molecule has 1 aromatic heterocycles. The van der Waals surface area contributed by atoms with Gasteiger partial charge in [0.15, 0.2) is 0 Å². The zero-order valence-electron chi connectivity index (χ0n) is 4.92. The first-order valence-corrected chi connectivity index (χ1v) is 2.81. The normalized spacial score (nSPS) is 9.62. The summed E-state index contributed by atoms with van der Waals surface area (Å²) in [7, 11) is 0. The number of hydrogen-bond acceptors (Lipinski definition) is 2. The van der Waals surface area contributed by atoms with E-state index in [1.165, 1.54) is 5.56 Å². The summed E-state index contributed by atoms with van der Waals surface area (Å²) >= 11 is 0. The second kappa shape index (κ2) is 2.50. The average Bonchev–Trinajstić information content (AvgIpc) is 2.19. The molecule has 44 valence electrons. The SMILES string of the molecule is CCCc1cnoc1. The molecule has 1 heterocycles. The van der Waals surface area contributed by atoms with Gasteiger partial charge in [-0.3, -0.25) is 0 Å². The predicted octanol–water partition coefficient (Wildman–Crippen LogP) is 1.63. The molecular weight excluding hydrogens is 102 g/mol. The first kappa shape index (κ1) is 5.35. The third-order valence-corrected chi connectivity index (χ3v) is 1.02. The molecule has 0 atom stereocenters. The summed E-state index contributed by atoms with van der Waals surface area (Å²) in [4.78, 5) is 0. The standard InChI is InChI=1S/C6H9NO/c1-2-3-6-4-7-8-5-6/h4-5H,2-3H2,1H3. The Kier molecular flexibility index (Phi) is 1.67. The maximum absolute atomic E-state index is 4.62. The minimum absolute atomic E-state index is 1.07. The topological polar surface area (TPSA) is 26.0 Å². The van der Waals surface area contributed by atoms with Crippen molar-refractivity contribution in [3.05, 3.63) is 18.0 Å². The van der Waals surface area contributed by atoms with Crippen molar-refractivity contribution in [1.82, 2.24) is 5.16 Å². The second-order valence-corrected chi connectivity index (χ2v) is 1.78. The van der Waals surface area contributed by atoms with Crippen LogP contribution < -0.4 is 0 Å². The lowest BCUT2D eigenvalue weighted by molar-refractivity contribution is 0.419. The molecular formula is C6H9NO. The highest BCUT2D eigenvalue weighted by molar-refractivity contribution is 4.99. The maximum Gasteiger partial charge on any atom is 0.126 e. The second-order valence-electron chi connectivity index (χ2n) is 1.78. The van der Waals surface area contributed by atoms with Crippen LogP contribution in [-0.2, 0) is 6.42 Å². The highest BCUT2D eigenvalue weighted by Gasteiger charge is 1.89. The molecule has 0 N–H and O–H groups in total. The Bertz CT molecular complexity index is 134. The third kappa shape index (κ3) is 1.09. The molecule has 0 saturated heterocycles. The van der Waals surface area contributed by atoms with Crippen molar-refractivity contribution >= 4 is 0 Å². The van der Waals surface area contributed by atoms with Crippen LogP contribution in [0.1, 0.15) is 18.9 Å². The van der Waals surface area contributed by atoms with E-state index in [-0.39, 0.29) is 0 Å². The zero-order valence-corrected chi connectivity index (χ0v) is 4.92. The Morgan fingerprint density at radius 2 is 2.62 bits per heavy atom. The highest BCUT2D eigenvalue weighted by atomic mass is 16.5. The molecule has 0 aliphatic carbocycles. The maximum atomic E-state index is 4.62. The molecule has 0 unspecified atom stereocenters. The van der Waals surface area contributed by atoms with Crippen LogP contribution in [0.5, 0.6) is 0 Å². The molecule has 0 spiro atoms. The molecule has 0 fully saturated rings. The molecule has 2 nitrogen and oxygen atoms in total. The van der Waals surface area contributed by atoms with Crippen LogP contribution in [0.4, 0.5) is 0 Å². The molecule has 2 heteroatoms. The van der Waals surface area contributed by atoms with Crippen molar-refractivity contribution in [2.45, 2.75) is 19.8 Å². The van der Waals surface area contributed by atoms with E-state index in [0.717, 1.165) is 12.8 Å². The summed E-state index contributed by atoms with van der Waals surface area (Å²) < 4.78 is 4.62. The predicted molar refractivity (Wildman–Crippen MR) is 30.5 cm³/mol. The fourth-order valence-corrected chi connectivity index (χ4v) is 0.639. The molecule has 0 bridgehead atoms. The monoisotopic (exact) mass is 111 g/mol. The summed E-state index contributed by atoms with van der Waals surface area (Å²) in [6, 6.07) is 0. The number of aryl methyl sites for hydroxylation is 1. The molecule has 8 heavy (non-hydrogen) atoms. The van der Waals surface area contributed by atoms with Crippen LogP contribution >= 0.6 is 0 Å². The van der Waals surface area contributed by atoms with E-state index in [2.05, 4.69) is 16.6 Å². The first-order valence-electron chi connectivity index (χ1n) is 2.81. The molecule has 0 saturated carbocycles. The lowest BCUT2D eigenvalue weighted by Crippen LogP contribution is -1.74. The minimum atomic E-state index is 1.07. The van der Waals surface area contributed by atoms with Gasteiger partial charge in [-0.2, -0.15) is 0 Å². The average molecular weight is 111 g/mol. The van der Waals surface area contributed by atoms with Gasteiger partial charge in [0.2, 0.25) is 0 Å². The zero-order chi connectivity index (χ0) is 5.82. The first-order chi connectivity index (χ1) is 3.93. The summed E-state index contributed by atoms with van der Waals surface area (Å²) in [5, 5.41) is 3.57. The van der Waals surface area contributed by atoms with Crippen LogP contribution in [0.3, 0.4) is 0 Å². The molecule has 0 aromatic carbocycles. The summed E-state index contributed by atoms with van der Waals surface area (Å²) in [5.74, 6) is 0. The van der Waals surface area contributed by atoms with Crippen LogP contribution in [0.15, 0.2) is 17.0 Å². The van der Waals surface area contributed by atoms with Gasteiger partial charge in [-0.25, -0.2) is 0 Å². The lowest BCUT2D eigenvalue weighted by Gasteiger charge is -1.82. The van der Waals surface area contributed by atoms with Crippen molar-refractivity contribution in [1.29, 1.82) is 0 Å². The van der Waals surface area contributed by atoms with Gasteiger partial charge in [-0.1, -0.05) is 18.5 Å². The fourth-order valence-electron chi connectivity index (χ4n) is 0.639. The van der Waals surface area contributed by atoms with Crippen molar-refractivity contribution in [3.8, 4) is 0 Å². The quantitative estimate of drug-likeness (QED) is 0.579. The van der Waals surface area contributed by atoms with Gasteiger partial charge in [-0.15, -0.1) is 0 Å².